The molecule has 1 saturated heterocycles. The van der Waals surface area contributed by atoms with Gasteiger partial charge in [-0.25, -0.2) is 4.98 Å². The van der Waals surface area contributed by atoms with Gasteiger partial charge < -0.3 is 10.6 Å². The number of fused-ring (bicyclic) bond motifs is 1. The number of benzene rings is 1. The fourth-order valence-electron chi connectivity index (χ4n) is 2.25. The van der Waals surface area contributed by atoms with Crippen LogP contribution in [0.3, 0.4) is 0 Å². The van der Waals surface area contributed by atoms with Gasteiger partial charge in [-0.2, -0.15) is 0 Å². The summed E-state index contributed by atoms with van der Waals surface area (Å²) in [6.07, 6.45) is 1.01. The Morgan fingerprint density at radius 3 is 3.10 bits per heavy atom. The first kappa shape index (κ1) is 13.1. The van der Waals surface area contributed by atoms with Crippen LogP contribution in [-0.2, 0) is 9.59 Å². The molecule has 2 amide bonds. The molecule has 2 N–H and O–H groups in total. The van der Waals surface area contributed by atoms with Gasteiger partial charge in [-0.1, -0.05) is 17.4 Å². The van der Waals surface area contributed by atoms with Gasteiger partial charge >= 0.3 is 0 Å². The maximum absolute atomic E-state index is 12.1. The van der Waals surface area contributed by atoms with Gasteiger partial charge in [0.25, 0.3) is 0 Å². The zero-order valence-corrected chi connectivity index (χ0v) is 11.9. The number of rotatable bonds is 2. The fourth-order valence-corrected chi connectivity index (χ4v) is 3.22. The summed E-state index contributed by atoms with van der Waals surface area (Å²) in [5.74, 6) is -0.216. The van der Waals surface area contributed by atoms with Crippen LogP contribution >= 0.6 is 11.3 Å². The molecule has 1 aromatic carbocycles. The third kappa shape index (κ3) is 2.65. The van der Waals surface area contributed by atoms with Gasteiger partial charge in [-0.3, -0.25) is 9.59 Å². The lowest BCUT2D eigenvalue weighted by Gasteiger charge is -2.20. The van der Waals surface area contributed by atoms with E-state index in [0.717, 1.165) is 10.2 Å². The number of piperidine rings is 1. The van der Waals surface area contributed by atoms with Gasteiger partial charge in [0, 0.05) is 13.0 Å². The third-order valence-corrected chi connectivity index (χ3v) is 4.34. The molecule has 1 aliphatic rings. The minimum absolute atomic E-state index is 0.0181. The number of aryl methyl sites for hydroxylation is 1. The van der Waals surface area contributed by atoms with E-state index < -0.39 is 0 Å². The molecule has 3 rings (SSSR count). The van der Waals surface area contributed by atoms with Crippen LogP contribution in [0.4, 0.5) is 5.13 Å². The number of nitrogens with one attached hydrogen (secondary N) is 2. The zero-order chi connectivity index (χ0) is 14.1. The van der Waals surface area contributed by atoms with Gasteiger partial charge in [0.05, 0.1) is 16.1 Å². The molecule has 2 aromatic rings. The lowest BCUT2D eigenvalue weighted by atomic mass is 9.98. The Kier molecular flexibility index (Phi) is 3.40. The molecule has 5 nitrogen and oxygen atoms in total. The average Bonchev–Trinajstić information content (AvgIpc) is 2.80. The van der Waals surface area contributed by atoms with E-state index in [9.17, 15) is 9.59 Å². The summed E-state index contributed by atoms with van der Waals surface area (Å²) in [6.45, 7) is 2.44. The average molecular weight is 289 g/mol. The van der Waals surface area contributed by atoms with Gasteiger partial charge in [-0.05, 0) is 31.0 Å². The summed E-state index contributed by atoms with van der Waals surface area (Å²) in [5, 5.41) is 6.19. The second-order valence-electron chi connectivity index (χ2n) is 5.02. The monoisotopic (exact) mass is 289 g/mol. The number of thiazole rings is 1. The lowest BCUT2D eigenvalue weighted by Crippen LogP contribution is -2.40. The summed E-state index contributed by atoms with van der Waals surface area (Å²) in [7, 11) is 0. The number of aromatic nitrogens is 1. The number of carbonyl (C=O) groups is 2. The molecular weight excluding hydrogens is 274 g/mol. The normalized spacial score (nSPS) is 18.9. The number of hydrogen-bond acceptors (Lipinski definition) is 4. The minimum Gasteiger partial charge on any atom is -0.355 e. The van der Waals surface area contributed by atoms with Crippen LogP contribution in [0.1, 0.15) is 18.4 Å². The van der Waals surface area contributed by atoms with E-state index in [2.05, 4.69) is 21.7 Å². The molecule has 104 valence electrons. The molecule has 0 bridgehead atoms. The molecular formula is C14H15N3O2S. The molecule has 1 fully saturated rings. The van der Waals surface area contributed by atoms with Crippen molar-refractivity contribution in [2.45, 2.75) is 19.8 Å². The van der Waals surface area contributed by atoms with Gasteiger partial charge in [0.15, 0.2) is 5.13 Å². The molecule has 0 aliphatic carbocycles. The molecule has 20 heavy (non-hydrogen) atoms. The van der Waals surface area contributed by atoms with Crippen LogP contribution in [0.15, 0.2) is 18.2 Å². The standard InChI is InChI=1S/C14H15N3O2S/c1-8-2-4-10-11(6-8)20-14(16-10)17-13(19)9-3-5-12(18)15-7-9/h2,4,6,9H,3,5,7H2,1H3,(H,15,18)(H,16,17,19). The SMILES string of the molecule is Cc1ccc2nc(NC(=O)C3CCC(=O)NC3)sc2c1. The zero-order valence-electron chi connectivity index (χ0n) is 11.1. The Labute approximate surface area is 120 Å². The third-order valence-electron chi connectivity index (χ3n) is 3.41. The van der Waals surface area contributed by atoms with Crippen molar-refractivity contribution in [3.63, 3.8) is 0 Å². The van der Waals surface area contributed by atoms with E-state index in [4.69, 9.17) is 0 Å². The second kappa shape index (κ2) is 5.20. The molecule has 1 atom stereocenters. The number of carbonyl (C=O) groups excluding carboxylic acids is 2. The van der Waals surface area contributed by atoms with E-state index >= 15 is 0 Å². The summed E-state index contributed by atoms with van der Waals surface area (Å²) in [5.41, 5.74) is 2.07. The number of hydrogen-bond donors (Lipinski definition) is 2. The molecule has 1 unspecified atom stereocenters. The summed E-state index contributed by atoms with van der Waals surface area (Å²) in [4.78, 5) is 27.6. The van der Waals surface area contributed by atoms with Crippen LogP contribution < -0.4 is 10.6 Å². The predicted octanol–water partition coefficient (Wildman–Crippen LogP) is 2.07. The predicted molar refractivity (Wildman–Crippen MR) is 78.7 cm³/mol. The highest BCUT2D eigenvalue weighted by Crippen LogP contribution is 2.27. The van der Waals surface area contributed by atoms with Crippen molar-refractivity contribution in [1.29, 1.82) is 0 Å². The van der Waals surface area contributed by atoms with Gasteiger partial charge in [0.2, 0.25) is 11.8 Å². The molecule has 0 spiro atoms. The van der Waals surface area contributed by atoms with Crippen LogP contribution in [0, 0.1) is 12.8 Å². The Hall–Kier alpha value is -1.95. The highest BCUT2D eigenvalue weighted by molar-refractivity contribution is 7.22. The summed E-state index contributed by atoms with van der Waals surface area (Å²) in [6, 6.07) is 6.02. The Morgan fingerprint density at radius 2 is 2.35 bits per heavy atom. The summed E-state index contributed by atoms with van der Waals surface area (Å²) >= 11 is 1.47. The van der Waals surface area contributed by atoms with Crippen LogP contribution in [0.25, 0.3) is 10.2 Å². The van der Waals surface area contributed by atoms with Crippen molar-refractivity contribution in [2.75, 3.05) is 11.9 Å². The maximum atomic E-state index is 12.1. The Morgan fingerprint density at radius 1 is 1.50 bits per heavy atom. The first-order valence-corrected chi connectivity index (χ1v) is 7.38. The largest absolute Gasteiger partial charge is 0.355 e. The van der Waals surface area contributed by atoms with Crippen molar-refractivity contribution in [1.82, 2.24) is 10.3 Å². The van der Waals surface area contributed by atoms with E-state index in [1.54, 1.807) is 0 Å². The Balaban J connectivity index is 1.72. The smallest absolute Gasteiger partial charge is 0.231 e. The molecule has 2 heterocycles. The molecule has 1 aliphatic heterocycles. The highest BCUT2D eigenvalue weighted by Gasteiger charge is 2.25. The van der Waals surface area contributed by atoms with Crippen molar-refractivity contribution < 1.29 is 9.59 Å². The summed E-state index contributed by atoms with van der Waals surface area (Å²) < 4.78 is 1.07. The van der Waals surface area contributed by atoms with Crippen LogP contribution in [-0.4, -0.2) is 23.3 Å². The fraction of sp³-hybridized carbons (Fsp3) is 0.357. The van der Waals surface area contributed by atoms with Crippen molar-refractivity contribution in [2.24, 2.45) is 5.92 Å². The first-order valence-electron chi connectivity index (χ1n) is 6.56. The topological polar surface area (TPSA) is 71.1 Å². The first-order chi connectivity index (χ1) is 9.61. The Bertz CT molecular complexity index is 670. The van der Waals surface area contributed by atoms with E-state index in [1.807, 2.05) is 19.1 Å². The highest BCUT2D eigenvalue weighted by atomic mass is 32.1. The number of anilines is 1. The lowest BCUT2D eigenvalue weighted by molar-refractivity contribution is -0.126. The number of nitrogens with zero attached hydrogens (tertiary/aromatic N) is 1. The molecule has 0 saturated carbocycles. The van der Waals surface area contributed by atoms with E-state index in [0.29, 0.717) is 24.5 Å². The van der Waals surface area contributed by atoms with Gasteiger partial charge in [0.1, 0.15) is 0 Å². The van der Waals surface area contributed by atoms with Crippen molar-refractivity contribution in [3.8, 4) is 0 Å². The van der Waals surface area contributed by atoms with Crippen molar-refractivity contribution in [3.05, 3.63) is 23.8 Å². The van der Waals surface area contributed by atoms with E-state index in [-0.39, 0.29) is 17.7 Å². The van der Waals surface area contributed by atoms with Crippen LogP contribution in [0.5, 0.6) is 0 Å². The number of amides is 2. The van der Waals surface area contributed by atoms with Gasteiger partial charge in [-0.15, -0.1) is 0 Å². The molecule has 0 radical (unpaired) electrons. The second-order valence-corrected chi connectivity index (χ2v) is 6.05. The van der Waals surface area contributed by atoms with Crippen LogP contribution in [0.2, 0.25) is 0 Å². The minimum atomic E-state index is -0.165. The van der Waals surface area contributed by atoms with E-state index in [1.165, 1.54) is 16.9 Å². The quantitative estimate of drug-likeness (QED) is 0.889. The maximum Gasteiger partial charge on any atom is 0.231 e. The van der Waals surface area contributed by atoms with Crippen molar-refractivity contribution >= 4 is 38.5 Å². The molecule has 1 aromatic heterocycles. The molecule has 6 heteroatoms.